The van der Waals surface area contributed by atoms with Crippen LogP contribution in [0.3, 0.4) is 0 Å². The molecule has 0 radical (unpaired) electrons. The van der Waals surface area contributed by atoms with Crippen molar-refractivity contribution in [3.63, 3.8) is 0 Å². The maximum Gasteiger partial charge on any atom is 0.164 e. The lowest BCUT2D eigenvalue weighted by Gasteiger charge is -1.88. The first-order valence-electron chi connectivity index (χ1n) is 3.85. The van der Waals surface area contributed by atoms with E-state index in [0.29, 0.717) is 0 Å². The zero-order chi connectivity index (χ0) is 8.55. The number of aryl methyl sites for hydroxylation is 1. The van der Waals surface area contributed by atoms with Gasteiger partial charge in [0.05, 0.1) is 0 Å². The number of hydrogen-bond donors (Lipinski definition) is 0. The molecule has 0 aliphatic rings. The summed E-state index contributed by atoms with van der Waals surface area (Å²) in [7, 11) is 0. The molecular weight excluding hydrogens is 168 g/mol. The molecular formula is C10H10OS. The standard InChI is InChI=1S/C10H10OS/c1-7-8-5-3-4-6-9(8)11-10(7)12-2/h3-6H,1-2H3. The Morgan fingerprint density at radius 1 is 1.25 bits per heavy atom. The lowest BCUT2D eigenvalue weighted by atomic mass is 10.2. The lowest BCUT2D eigenvalue weighted by Crippen LogP contribution is -1.68. The quantitative estimate of drug-likeness (QED) is 0.620. The van der Waals surface area contributed by atoms with Crippen molar-refractivity contribution >= 4 is 22.7 Å². The van der Waals surface area contributed by atoms with Crippen LogP contribution in [0.25, 0.3) is 11.0 Å². The molecule has 0 aliphatic heterocycles. The third-order valence-electron chi connectivity index (χ3n) is 1.99. The van der Waals surface area contributed by atoms with Gasteiger partial charge >= 0.3 is 0 Å². The first-order chi connectivity index (χ1) is 5.83. The molecule has 0 spiro atoms. The summed E-state index contributed by atoms with van der Waals surface area (Å²) < 4.78 is 5.61. The van der Waals surface area contributed by atoms with E-state index in [1.54, 1.807) is 11.8 Å². The second kappa shape index (κ2) is 2.87. The molecule has 1 aromatic carbocycles. The van der Waals surface area contributed by atoms with E-state index in [0.717, 1.165) is 10.7 Å². The average Bonchev–Trinajstić information content (AvgIpc) is 2.44. The molecule has 0 aliphatic carbocycles. The van der Waals surface area contributed by atoms with Gasteiger partial charge in [0.25, 0.3) is 0 Å². The Balaban J connectivity index is 2.78. The van der Waals surface area contributed by atoms with Crippen LogP contribution in [0, 0.1) is 6.92 Å². The van der Waals surface area contributed by atoms with E-state index < -0.39 is 0 Å². The summed E-state index contributed by atoms with van der Waals surface area (Å²) in [5.74, 6) is 0. The molecule has 0 N–H and O–H groups in total. The summed E-state index contributed by atoms with van der Waals surface area (Å²) in [6.45, 7) is 2.09. The van der Waals surface area contributed by atoms with Gasteiger partial charge in [0.1, 0.15) is 5.58 Å². The number of benzene rings is 1. The summed E-state index contributed by atoms with van der Waals surface area (Å²) in [4.78, 5) is 0. The van der Waals surface area contributed by atoms with Crippen LogP contribution in [0.2, 0.25) is 0 Å². The summed E-state index contributed by atoms with van der Waals surface area (Å²) in [5, 5.41) is 2.25. The number of thioether (sulfide) groups is 1. The number of para-hydroxylation sites is 1. The molecule has 0 saturated carbocycles. The lowest BCUT2D eigenvalue weighted by molar-refractivity contribution is 0.511. The SMILES string of the molecule is CSc1oc2ccccc2c1C. The zero-order valence-electron chi connectivity index (χ0n) is 7.13. The zero-order valence-corrected chi connectivity index (χ0v) is 7.94. The molecule has 0 unspecified atom stereocenters. The van der Waals surface area contributed by atoms with Crippen molar-refractivity contribution in [2.45, 2.75) is 12.0 Å². The van der Waals surface area contributed by atoms with Gasteiger partial charge in [-0.3, -0.25) is 0 Å². The van der Waals surface area contributed by atoms with Crippen molar-refractivity contribution in [1.82, 2.24) is 0 Å². The molecule has 2 heteroatoms. The van der Waals surface area contributed by atoms with Crippen molar-refractivity contribution < 1.29 is 4.42 Å². The number of rotatable bonds is 1. The fourth-order valence-electron chi connectivity index (χ4n) is 1.35. The van der Waals surface area contributed by atoms with Gasteiger partial charge in [0, 0.05) is 10.9 Å². The summed E-state index contributed by atoms with van der Waals surface area (Å²) in [5.41, 5.74) is 2.23. The van der Waals surface area contributed by atoms with Crippen LogP contribution in [-0.2, 0) is 0 Å². The maximum absolute atomic E-state index is 5.61. The molecule has 2 rings (SSSR count). The number of hydrogen-bond acceptors (Lipinski definition) is 2. The van der Waals surface area contributed by atoms with Crippen LogP contribution in [0.4, 0.5) is 0 Å². The van der Waals surface area contributed by atoms with Crippen LogP contribution in [0.1, 0.15) is 5.56 Å². The van der Waals surface area contributed by atoms with Gasteiger partial charge in [-0.2, -0.15) is 0 Å². The Morgan fingerprint density at radius 2 is 2.00 bits per heavy atom. The molecule has 1 heterocycles. The van der Waals surface area contributed by atoms with Crippen molar-refractivity contribution in [2.24, 2.45) is 0 Å². The third-order valence-corrected chi connectivity index (χ3v) is 2.75. The highest BCUT2D eigenvalue weighted by molar-refractivity contribution is 7.98. The minimum absolute atomic E-state index is 0.986. The smallest absolute Gasteiger partial charge is 0.164 e. The molecule has 0 fully saturated rings. The van der Waals surface area contributed by atoms with E-state index in [2.05, 4.69) is 13.0 Å². The Bertz CT molecular complexity index is 403. The van der Waals surface area contributed by atoms with Crippen molar-refractivity contribution in [1.29, 1.82) is 0 Å². The van der Waals surface area contributed by atoms with Crippen LogP contribution in [-0.4, -0.2) is 6.26 Å². The van der Waals surface area contributed by atoms with E-state index in [9.17, 15) is 0 Å². The van der Waals surface area contributed by atoms with E-state index in [1.165, 1.54) is 10.9 Å². The second-order valence-corrected chi connectivity index (χ2v) is 3.49. The molecule has 0 amide bonds. The molecule has 1 aromatic heterocycles. The van der Waals surface area contributed by atoms with E-state index >= 15 is 0 Å². The average molecular weight is 178 g/mol. The molecule has 12 heavy (non-hydrogen) atoms. The van der Waals surface area contributed by atoms with Crippen LogP contribution < -0.4 is 0 Å². The number of furan rings is 1. The van der Waals surface area contributed by atoms with Gasteiger partial charge in [-0.05, 0) is 19.2 Å². The van der Waals surface area contributed by atoms with Crippen molar-refractivity contribution in [2.75, 3.05) is 6.26 Å². The first-order valence-corrected chi connectivity index (χ1v) is 5.07. The van der Waals surface area contributed by atoms with Gasteiger partial charge in [-0.1, -0.05) is 30.0 Å². The minimum atomic E-state index is 0.986. The Hall–Kier alpha value is -0.890. The summed E-state index contributed by atoms with van der Waals surface area (Å²) >= 11 is 1.65. The van der Waals surface area contributed by atoms with Crippen LogP contribution in [0.5, 0.6) is 0 Å². The molecule has 2 aromatic rings. The molecule has 0 saturated heterocycles. The van der Waals surface area contributed by atoms with Gasteiger partial charge in [-0.25, -0.2) is 0 Å². The highest BCUT2D eigenvalue weighted by Crippen LogP contribution is 2.30. The van der Waals surface area contributed by atoms with Crippen LogP contribution >= 0.6 is 11.8 Å². The Labute approximate surface area is 75.8 Å². The normalized spacial score (nSPS) is 10.8. The van der Waals surface area contributed by atoms with Gasteiger partial charge in [-0.15, -0.1) is 0 Å². The largest absolute Gasteiger partial charge is 0.450 e. The van der Waals surface area contributed by atoms with Crippen molar-refractivity contribution in [3.05, 3.63) is 29.8 Å². The number of fused-ring (bicyclic) bond motifs is 1. The van der Waals surface area contributed by atoms with E-state index in [4.69, 9.17) is 4.42 Å². The Kier molecular flexibility index (Phi) is 1.85. The minimum Gasteiger partial charge on any atom is -0.450 e. The predicted molar refractivity (Wildman–Crippen MR) is 52.7 cm³/mol. The van der Waals surface area contributed by atoms with Crippen molar-refractivity contribution in [3.8, 4) is 0 Å². The molecule has 1 nitrogen and oxygen atoms in total. The molecule has 0 bridgehead atoms. The van der Waals surface area contributed by atoms with Crippen LogP contribution in [0.15, 0.2) is 33.8 Å². The first kappa shape index (κ1) is 7.74. The molecule has 0 atom stereocenters. The highest BCUT2D eigenvalue weighted by atomic mass is 32.2. The highest BCUT2D eigenvalue weighted by Gasteiger charge is 2.07. The predicted octanol–water partition coefficient (Wildman–Crippen LogP) is 3.46. The van der Waals surface area contributed by atoms with Gasteiger partial charge in [0.2, 0.25) is 0 Å². The topological polar surface area (TPSA) is 13.1 Å². The fraction of sp³-hybridized carbons (Fsp3) is 0.200. The van der Waals surface area contributed by atoms with E-state index in [-0.39, 0.29) is 0 Å². The van der Waals surface area contributed by atoms with Gasteiger partial charge in [0.15, 0.2) is 5.09 Å². The van der Waals surface area contributed by atoms with Gasteiger partial charge < -0.3 is 4.42 Å². The van der Waals surface area contributed by atoms with E-state index in [1.807, 2.05) is 24.5 Å². The third kappa shape index (κ3) is 1.03. The second-order valence-electron chi connectivity index (χ2n) is 2.71. The summed E-state index contributed by atoms with van der Waals surface area (Å²) in [6, 6.07) is 8.13. The summed E-state index contributed by atoms with van der Waals surface area (Å²) in [6.07, 6.45) is 2.03. The fourth-order valence-corrected chi connectivity index (χ4v) is 1.94. The monoisotopic (exact) mass is 178 g/mol. The Morgan fingerprint density at radius 3 is 2.67 bits per heavy atom. The molecule has 62 valence electrons. The maximum atomic E-state index is 5.61.